The van der Waals surface area contributed by atoms with Crippen molar-refractivity contribution in [2.75, 3.05) is 0 Å². The molecule has 0 radical (unpaired) electrons. The van der Waals surface area contributed by atoms with E-state index in [1.54, 1.807) is 24.3 Å². The molecule has 3 rings (SSSR count). The molecule has 102 valence electrons. The highest BCUT2D eigenvalue weighted by molar-refractivity contribution is 7.92. The fourth-order valence-electron chi connectivity index (χ4n) is 3.46. The van der Waals surface area contributed by atoms with Gasteiger partial charge in [0.2, 0.25) is 0 Å². The van der Waals surface area contributed by atoms with Gasteiger partial charge in [-0.05, 0) is 44.2 Å². The maximum Gasteiger partial charge on any atom is 0.187 e. The highest BCUT2D eigenvalue weighted by atomic mass is 32.2. The van der Waals surface area contributed by atoms with Crippen LogP contribution in [0.5, 0.6) is 0 Å². The van der Waals surface area contributed by atoms with Gasteiger partial charge >= 0.3 is 0 Å². The molecular formula is C14H17NO3S. The Morgan fingerprint density at radius 2 is 1.89 bits per heavy atom. The molecule has 2 aliphatic rings. The van der Waals surface area contributed by atoms with Crippen molar-refractivity contribution in [3.63, 3.8) is 0 Å². The number of rotatable bonds is 2. The number of hydrogen-bond donors (Lipinski definition) is 1. The zero-order valence-electron chi connectivity index (χ0n) is 10.8. The van der Waals surface area contributed by atoms with E-state index < -0.39 is 15.1 Å². The van der Waals surface area contributed by atoms with E-state index in [0.717, 1.165) is 24.8 Å². The Bertz CT molecular complexity index is 619. The smallest absolute Gasteiger partial charge is 0.187 e. The first-order valence-electron chi connectivity index (χ1n) is 6.56. The van der Waals surface area contributed by atoms with E-state index in [0.29, 0.717) is 10.6 Å². The molecule has 2 bridgehead atoms. The van der Waals surface area contributed by atoms with E-state index in [-0.39, 0.29) is 11.8 Å². The number of benzene rings is 1. The minimum Gasteiger partial charge on any atom is -0.411 e. The Balaban J connectivity index is 2.03. The monoisotopic (exact) mass is 279 g/mol. The maximum atomic E-state index is 12.7. The Hall–Kier alpha value is -1.36. The van der Waals surface area contributed by atoms with Crippen molar-refractivity contribution >= 4 is 15.5 Å². The number of fused-ring (bicyclic) bond motifs is 2. The summed E-state index contributed by atoms with van der Waals surface area (Å²) in [4.78, 5) is 0.330. The topological polar surface area (TPSA) is 66.7 Å². The molecule has 1 N–H and O–H groups in total. The summed E-state index contributed by atoms with van der Waals surface area (Å²) in [6.45, 7) is 1.93. The molecular weight excluding hydrogens is 262 g/mol. The summed E-state index contributed by atoms with van der Waals surface area (Å²) < 4.78 is 25.4. The molecule has 2 fully saturated rings. The predicted octanol–water partition coefficient (Wildman–Crippen LogP) is 2.40. The second-order valence-corrected chi connectivity index (χ2v) is 7.64. The predicted molar refractivity (Wildman–Crippen MR) is 72.2 cm³/mol. The molecule has 0 aromatic heterocycles. The van der Waals surface area contributed by atoms with Crippen LogP contribution < -0.4 is 0 Å². The van der Waals surface area contributed by atoms with Gasteiger partial charge in [0.05, 0.1) is 10.6 Å². The van der Waals surface area contributed by atoms with E-state index in [9.17, 15) is 8.42 Å². The Labute approximate surface area is 113 Å². The molecule has 1 aromatic rings. The van der Waals surface area contributed by atoms with Gasteiger partial charge in [-0.3, -0.25) is 0 Å². The van der Waals surface area contributed by atoms with Crippen molar-refractivity contribution in [3.05, 3.63) is 29.8 Å². The summed E-state index contributed by atoms with van der Waals surface area (Å²) in [5.41, 5.74) is 1.50. The van der Waals surface area contributed by atoms with Gasteiger partial charge in [-0.1, -0.05) is 22.9 Å². The third-order valence-corrected chi connectivity index (χ3v) is 6.63. The second kappa shape index (κ2) is 4.34. The third kappa shape index (κ3) is 1.87. The van der Waals surface area contributed by atoms with Gasteiger partial charge in [-0.25, -0.2) is 8.42 Å². The van der Waals surface area contributed by atoms with E-state index in [4.69, 9.17) is 5.21 Å². The van der Waals surface area contributed by atoms with Gasteiger partial charge in [0.1, 0.15) is 5.25 Å². The van der Waals surface area contributed by atoms with Crippen LogP contribution in [0.4, 0.5) is 0 Å². The van der Waals surface area contributed by atoms with E-state index >= 15 is 0 Å². The van der Waals surface area contributed by atoms with Crippen molar-refractivity contribution in [2.24, 2.45) is 17.0 Å². The Morgan fingerprint density at radius 1 is 1.21 bits per heavy atom. The van der Waals surface area contributed by atoms with Crippen molar-refractivity contribution < 1.29 is 13.6 Å². The molecule has 0 spiro atoms. The molecule has 2 saturated carbocycles. The average molecular weight is 279 g/mol. The van der Waals surface area contributed by atoms with Crippen molar-refractivity contribution in [1.29, 1.82) is 0 Å². The number of aryl methyl sites for hydroxylation is 1. The van der Waals surface area contributed by atoms with Gasteiger partial charge in [0.25, 0.3) is 0 Å². The molecule has 3 atom stereocenters. The lowest BCUT2D eigenvalue weighted by molar-refractivity contribution is 0.313. The lowest BCUT2D eigenvalue weighted by Gasteiger charge is -2.22. The normalized spacial score (nSPS) is 32.1. The molecule has 0 amide bonds. The van der Waals surface area contributed by atoms with Gasteiger partial charge in [0.15, 0.2) is 9.84 Å². The van der Waals surface area contributed by atoms with Crippen LogP contribution in [0.3, 0.4) is 0 Å². The number of hydrogen-bond acceptors (Lipinski definition) is 4. The third-order valence-electron chi connectivity index (χ3n) is 4.41. The zero-order chi connectivity index (χ0) is 13.6. The first-order valence-corrected chi connectivity index (χ1v) is 8.11. The van der Waals surface area contributed by atoms with Gasteiger partial charge < -0.3 is 5.21 Å². The summed E-state index contributed by atoms with van der Waals surface area (Å²) >= 11 is 0. The summed E-state index contributed by atoms with van der Waals surface area (Å²) in [6, 6.07) is 6.89. The SMILES string of the molecule is Cc1ccc(S(=O)(=O)C2C(=NO)C3CCC2C3)cc1. The van der Waals surface area contributed by atoms with Crippen molar-refractivity contribution in [2.45, 2.75) is 36.3 Å². The molecule has 0 aliphatic heterocycles. The fourth-order valence-corrected chi connectivity index (χ4v) is 5.58. The van der Waals surface area contributed by atoms with E-state index in [1.165, 1.54) is 0 Å². The van der Waals surface area contributed by atoms with Crippen LogP contribution in [0.25, 0.3) is 0 Å². The van der Waals surface area contributed by atoms with Crippen LogP contribution in [0.1, 0.15) is 24.8 Å². The van der Waals surface area contributed by atoms with Gasteiger partial charge in [0, 0.05) is 5.92 Å². The average Bonchev–Trinajstić information content (AvgIpc) is 2.99. The van der Waals surface area contributed by atoms with E-state index in [1.807, 2.05) is 6.92 Å². The Morgan fingerprint density at radius 3 is 2.53 bits per heavy atom. The molecule has 5 heteroatoms. The number of sulfone groups is 1. The molecule has 2 aliphatic carbocycles. The maximum absolute atomic E-state index is 12.7. The molecule has 0 saturated heterocycles. The van der Waals surface area contributed by atoms with Crippen LogP contribution >= 0.6 is 0 Å². The zero-order valence-corrected chi connectivity index (χ0v) is 11.6. The lowest BCUT2D eigenvalue weighted by Crippen LogP contribution is -2.35. The van der Waals surface area contributed by atoms with Crippen LogP contribution in [-0.4, -0.2) is 24.6 Å². The second-order valence-electron chi connectivity index (χ2n) is 5.57. The van der Waals surface area contributed by atoms with Gasteiger partial charge in [-0.15, -0.1) is 0 Å². The molecule has 19 heavy (non-hydrogen) atoms. The summed E-state index contributed by atoms with van der Waals surface area (Å²) in [5, 5.41) is 11.8. The highest BCUT2D eigenvalue weighted by Gasteiger charge is 2.51. The minimum absolute atomic E-state index is 0.113. The number of nitrogens with zero attached hydrogens (tertiary/aromatic N) is 1. The van der Waals surface area contributed by atoms with Crippen LogP contribution in [-0.2, 0) is 9.84 Å². The standard InChI is InChI=1S/C14H17NO3S/c1-9-2-6-12(7-3-9)19(17,18)14-11-5-4-10(8-11)13(14)15-16/h2-3,6-7,10-11,14,16H,4-5,8H2,1H3. The summed E-state index contributed by atoms with van der Waals surface area (Å²) in [6.07, 6.45) is 2.71. The quantitative estimate of drug-likeness (QED) is 0.667. The molecule has 3 unspecified atom stereocenters. The van der Waals surface area contributed by atoms with E-state index in [2.05, 4.69) is 5.16 Å². The fraction of sp³-hybridized carbons (Fsp3) is 0.500. The first kappa shape index (κ1) is 12.7. The van der Waals surface area contributed by atoms with Crippen molar-refractivity contribution in [1.82, 2.24) is 0 Å². The minimum atomic E-state index is -3.44. The van der Waals surface area contributed by atoms with Crippen LogP contribution in [0, 0.1) is 18.8 Å². The van der Waals surface area contributed by atoms with Gasteiger partial charge in [-0.2, -0.15) is 0 Å². The molecule has 0 heterocycles. The van der Waals surface area contributed by atoms with Crippen LogP contribution in [0.2, 0.25) is 0 Å². The number of oxime groups is 1. The summed E-state index contributed by atoms with van der Waals surface area (Å²) in [5.74, 6) is 0.266. The highest BCUT2D eigenvalue weighted by Crippen LogP contribution is 2.47. The molecule has 1 aromatic carbocycles. The largest absolute Gasteiger partial charge is 0.411 e. The molecule has 4 nitrogen and oxygen atoms in total. The lowest BCUT2D eigenvalue weighted by atomic mass is 9.98. The van der Waals surface area contributed by atoms with Crippen molar-refractivity contribution in [3.8, 4) is 0 Å². The van der Waals surface area contributed by atoms with Crippen LogP contribution in [0.15, 0.2) is 34.3 Å². The Kier molecular flexibility index (Phi) is 2.89. The summed E-state index contributed by atoms with van der Waals surface area (Å²) in [7, 11) is -3.44. The first-order chi connectivity index (χ1) is 9.04.